The first-order chi connectivity index (χ1) is 7.31. The molecule has 1 fully saturated rings. The maximum Gasteiger partial charge on any atom is 0.123 e. The molecule has 1 N–H and O–H groups in total. The summed E-state index contributed by atoms with van der Waals surface area (Å²) in [6.45, 7) is 3.16. The maximum absolute atomic E-state index is 12.8. The molecule has 0 aromatic heterocycles. The van der Waals surface area contributed by atoms with Gasteiger partial charge in [-0.3, -0.25) is 0 Å². The van der Waals surface area contributed by atoms with E-state index in [-0.39, 0.29) is 5.82 Å². The van der Waals surface area contributed by atoms with Crippen LogP contribution in [-0.2, 0) is 0 Å². The van der Waals surface area contributed by atoms with E-state index in [2.05, 4.69) is 12.2 Å². The molecule has 82 valence electrons. The first kappa shape index (κ1) is 10.6. The van der Waals surface area contributed by atoms with Gasteiger partial charge in [0, 0.05) is 6.04 Å². The largest absolute Gasteiger partial charge is 0.314 e. The van der Waals surface area contributed by atoms with Crippen molar-refractivity contribution >= 4 is 0 Å². The lowest BCUT2D eigenvalue weighted by Crippen LogP contribution is -2.30. The molecule has 1 nitrogen and oxygen atoms in total. The SMILES string of the molecule is CCNC1CCCC1c1ccc(F)cc1. The molecule has 0 bridgehead atoms. The third kappa shape index (κ3) is 2.37. The van der Waals surface area contributed by atoms with Crippen LogP contribution in [0.1, 0.15) is 37.7 Å². The Morgan fingerprint density at radius 1 is 1.27 bits per heavy atom. The second kappa shape index (κ2) is 4.75. The van der Waals surface area contributed by atoms with Gasteiger partial charge < -0.3 is 5.32 Å². The Morgan fingerprint density at radius 3 is 2.67 bits per heavy atom. The first-order valence-corrected chi connectivity index (χ1v) is 5.80. The maximum atomic E-state index is 12.8. The number of benzene rings is 1. The molecule has 2 rings (SSSR count). The minimum Gasteiger partial charge on any atom is -0.314 e. The minimum absolute atomic E-state index is 0.142. The zero-order valence-electron chi connectivity index (χ0n) is 9.17. The molecular weight excluding hydrogens is 189 g/mol. The van der Waals surface area contributed by atoms with Crippen molar-refractivity contribution in [3.05, 3.63) is 35.6 Å². The molecule has 0 aliphatic heterocycles. The Hall–Kier alpha value is -0.890. The summed E-state index contributed by atoms with van der Waals surface area (Å²) in [5.74, 6) is 0.433. The summed E-state index contributed by atoms with van der Waals surface area (Å²) in [6.07, 6.45) is 3.75. The van der Waals surface area contributed by atoms with Gasteiger partial charge in [-0.25, -0.2) is 4.39 Å². The highest BCUT2D eigenvalue weighted by Crippen LogP contribution is 2.34. The fourth-order valence-electron chi connectivity index (χ4n) is 2.58. The molecule has 2 heteroatoms. The van der Waals surface area contributed by atoms with E-state index in [4.69, 9.17) is 0 Å². The van der Waals surface area contributed by atoms with Crippen molar-refractivity contribution in [2.75, 3.05) is 6.54 Å². The zero-order chi connectivity index (χ0) is 10.7. The Kier molecular flexibility index (Phi) is 3.37. The third-order valence-electron chi connectivity index (χ3n) is 3.28. The van der Waals surface area contributed by atoms with Crippen LogP contribution in [0, 0.1) is 5.82 Å². The molecule has 0 spiro atoms. The second-order valence-corrected chi connectivity index (χ2v) is 4.25. The number of nitrogens with one attached hydrogen (secondary N) is 1. The highest BCUT2D eigenvalue weighted by molar-refractivity contribution is 5.23. The molecule has 15 heavy (non-hydrogen) atoms. The molecule has 0 radical (unpaired) electrons. The van der Waals surface area contributed by atoms with E-state index in [1.807, 2.05) is 12.1 Å². The first-order valence-electron chi connectivity index (χ1n) is 5.80. The number of likely N-dealkylation sites (N-methyl/N-ethyl adjacent to an activating group) is 1. The molecule has 0 amide bonds. The van der Waals surface area contributed by atoms with Crippen LogP contribution in [0.4, 0.5) is 4.39 Å². The van der Waals surface area contributed by atoms with Crippen LogP contribution in [0.2, 0.25) is 0 Å². The van der Waals surface area contributed by atoms with Crippen LogP contribution in [0.15, 0.2) is 24.3 Å². The van der Waals surface area contributed by atoms with Crippen molar-refractivity contribution in [3.63, 3.8) is 0 Å². The van der Waals surface area contributed by atoms with Crippen molar-refractivity contribution in [1.29, 1.82) is 0 Å². The fraction of sp³-hybridized carbons (Fsp3) is 0.538. The number of hydrogen-bond acceptors (Lipinski definition) is 1. The average Bonchev–Trinajstić information content (AvgIpc) is 2.68. The van der Waals surface area contributed by atoms with Crippen LogP contribution in [0.5, 0.6) is 0 Å². The highest BCUT2D eigenvalue weighted by Gasteiger charge is 2.27. The van der Waals surface area contributed by atoms with Gasteiger partial charge in [0.15, 0.2) is 0 Å². The topological polar surface area (TPSA) is 12.0 Å². The predicted octanol–water partition coefficient (Wildman–Crippen LogP) is 3.07. The average molecular weight is 207 g/mol. The van der Waals surface area contributed by atoms with Gasteiger partial charge >= 0.3 is 0 Å². The lowest BCUT2D eigenvalue weighted by molar-refractivity contribution is 0.492. The second-order valence-electron chi connectivity index (χ2n) is 4.25. The van der Waals surface area contributed by atoms with Crippen LogP contribution >= 0.6 is 0 Å². The van der Waals surface area contributed by atoms with E-state index in [1.165, 1.54) is 24.8 Å². The summed E-state index contributed by atoms with van der Waals surface area (Å²) in [5.41, 5.74) is 1.28. The predicted molar refractivity (Wildman–Crippen MR) is 60.5 cm³/mol. The monoisotopic (exact) mass is 207 g/mol. The van der Waals surface area contributed by atoms with Crippen LogP contribution in [0.25, 0.3) is 0 Å². The lowest BCUT2D eigenvalue weighted by Gasteiger charge is -2.20. The Balaban J connectivity index is 2.11. The molecule has 1 aliphatic rings. The number of halogens is 1. The van der Waals surface area contributed by atoms with Gasteiger partial charge in [0.25, 0.3) is 0 Å². The standard InChI is InChI=1S/C13H18FN/c1-2-15-13-5-3-4-12(13)10-6-8-11(14)9-7-10/h6-9,12-13,15H,2-5H2,1H3. The number of rotatable bonds is 3. The van der Waals surface area contributed by atoms with E-state index in [0.717, 1.165) is 6.54 Å². The van der Waals surface area contributed by atoms with Crippen molar-refractivity contribution in [3.8, 4) is 0 Å². The molecule has 1 aliphatic carbocycles. The molecule has 0 heterocycles. The normalized spacial score (nSPS) is 25.7. The highest BCUT2D eigenvalue weighted by atomic mass is 19.1. The van der Waals surface area contributed by atoms with Crippen molar-refractivity contribution in [2.24, 2.45) is 0 Å². The van der Waals surface area contributed by atoms with Gasteiger partial charge in [-0.1, -0.05) is 25.5 Å². The van der Waals surface area contributed by atoms with Gasteiger partial charge in [0.1, 0.15) is 5.82 Å². The zero-order valence-corrected chi connectivity index (χ0v) is 9.17. The van der Waals surface area contributed by atoms with E-state index in [1.54, 1.807) is 12.1 Å². The third-order valence-corrected chi connectivity index (χ3v) is 3.28. The molecule has 1 aromatic rings. The van der Waals surface area contributed by atoms with Gasteiger partial charge in [0.2, 0.25) is 0 Å². The molecule has 2 unspecified atom stereocenters. The van der Waals surface area contributed by atoms with Crippen LogP contribution < -0.4 is 5.32 Å². The van der Waals surface area contributed by atoms with Gasteiger partial charge in [-0.2, -0.15) is 0 Å². The summed E-state index contributed by atoms with van der Waals surface area (Å²) in [6, 6.07) is 7.57. The number of hydrogen-bond donors (Lipinski definition) is 1. The van der Waals surface area contributed by atoms with Crippen molar-refractivity contribution in [2.45, 2.75) is 38.1 Å². The summed E-state index contributed by atoms with van der Waals surface area (Å²) >= 11 is 0. The summed E-state index contributed by atoms with van der Waals surface area (Å²) < 4.78 is 12.8. The minimum atomic E-state index is -0.142. The smallest absolute Gasteiger partial charge is 0.123 e. The summed E-state index contributed by atoms with van der Waals surface area (Å²) in [4.78, 5) is 0. The molecule has 2 atom stereocenters. The fourth-order valence-corrected chi connectivity index (χ4v) is 2.58. The Bertz CT molecular complexity index is 307. The van der Waals surface area contributed by atoms with Gasteiger partial charge in [0.05, 0.1) is 0 Å². The molecule has 1 saturated carbocycles. The molecule has 1 aromatic carbocycles. The van der Waals surface area contributed by atoms with Gasteiger partial charge in [-0.15, -0.1) is 0 Å². The van der Waals surface area contributed by atoms with Crippen LogP contribution in [-0.4, -0.2) is 12.6 Å². The Morgan fingerprint density at radius 2 is 2.00 bits per heavy atom. The van der Waals surface area contributed by atoms with E-state index in [0.29, 0.717) is 12.0 Å². The van der Waals surface area contributed by atoms with Gasteiger partial charge in [-0.05, 0) is 43.0 Å². The van der Waals surface area contributed by atoms with Crippen LogP contribution in [0.3, 0.4) is 0 Å². The van der Waals surface area contributed by atoms with Crippen molar-refractivity contribution in [1.82, 2.24) is 5.32 Å². The molecule has 0 saturated heterocycles. The van der Waals surface area contributed by atoms with E-state index >= 15 is 0 Å². The van der Waals surface area contributed by atoms with E-state index in [9.17, 15) is 4.39 Å². The summed E-state index contributed by atoms with van der Waals surface area (Å²) in [5, 5.41) is 3.51. The Labute approximate surface area is 90.7 Å². The quantitative estimate of drug-likeness (QED) is 0.803. The summed E-state index contributed by atoms with van der Waals surface area (Å²) in [7, 11) is 0. The lowest BCUT2D eigenvalue weighted by atomic mass is 9.94. The van der Waals surface area contributed by atoms with Crippen molar-refractivity contribution < 1.29 is 4.39 Å². The molecular formula is C13H18FN. The van der Waals surface area contributed by atoms with E-state index < -0.39 is 0 Å².